The number of halogens is 3. The minimum Gasteiger partial charge on any atom is -0.491 e. The first-order valence-electron chi connectivity index (χ1n) is 9.19. The van der Waals surface area contributed by atoms with Crippen molar-refractivity contribution in [2.75, 3.05) is 25.9 Å². The number of hydrogen-bond donors (Lipinski definition) is 1. The van der Waals surface area contributed by atoms with Crippen LogP contribution in [-0.4, -0.2) is 36.8 Å². The predicted octanol–water partition coefficient (Wildman–Crippen LogP) is 4.51. The fraction of sp³-hybridized carbons (Fsp3) is 0.381. The molecule has 0 saturated heterocycles. The molecule has 9 heteroatoms. The van der Waals surface area contributed by atoms with E-state index in [1.165, 1.54) is 30.1 Å². The number of ether oxygens (including phenoxy) is 3. The number of amides is 1. The Morgan fingerprint density at radius 2 is 1.73 bits per heavy atom. The summed E-state index contributed by atoms with van der Waals surface area (Å²) in [5.41, 5.74) is 4.55. The fourth-order valence-corrected chi connectivity index (χ4v) is 2.34. The van der Waals surface area contributed by atoms with Crippen LogP contribution in [0, 0.1) is 17.5 Å². The third-order valence-electron chi connectivity index (χ3n) is 3.89. The Morgan fingerprint density at radius 3 is 2.37 bits per heavy atom. The van der Waals surface area contributed by atoms with Crippen molar-refractivity contribution < 1.29 is 32.2 Å². The minimum atomic E-state index is -1.12. The minimum absolute atomic E-state index is 0.0112. The second kappa shape index (κ2) is 9.60. The molecular weight excluding hydrogens is 401 g/mol. The van der Waals surface area contributed by atoms with Gasteiger partial charge in [0.2, 0.25) is 0 Å². The summed E-state index contributed by atoms with van der Waals surface area (Å²) in [6.07, 6.45) is -0.533. The number of anilines is 1. The zero-order valence-electron chi connectivity index (χ0n) is 17.3. The van der Waals surface area contributed by atoms with E-state index in [-0.39, 0.29) is 42.5 Å². The van der Waals surface area contributed by atoms with Gasteiger partial charge >= 0.3 is 6.09 Å². The smallest absolute Gasteiger partial charge is 0.410 e. The standard InChI is InChI=1S/C21H25F3N2O4/c1-21(2,3)30-20(27)26(4)9-10-28-18-8-7-16(23)19(24)14(18)12-29-13-5-6-15(22)17(25)11-13/h5-8,11H,9-10,12,25H2,1-4H3. The van der Waals surface area contributed by atoms with Gasteiger partial charge in [-0.2, -0.15) is 0 Å². The number of nitrogens with two attached hydrogens (primary N) is 1. The number of nitrogen functional groups attached to an aromatic ring is 1. The van der Waals surface area contributed by atoms with Crippen molar-refractivity contribution in [2.24, 2.45) is 0 Å². The molecule has 0 saturated carbocycles. The molecule has 0 spiro atoms. The van der Waals surface area contributed by atoms with Gasteiger partial charge in [0.15, 0.2) is 11.6 Å². The molecule has 2 N–H and O–H groups in total. The summed E-state index contributed by atoms with van der Waals surface area (Å²) in [6, 6.07) is 5.86. The summed E-state index contributed by atoms with van der Waals surface area (Å²) in [6.45, 7) is 5.04. The highest BCUT2D eigenvalue weighted by molar-refractivity contribution is 5.67. The molecule has 0 aliphatic carbocycles. The van der Waals surface area contributed by atoms with E-state index >= 15 is 0 Å². The molecular formula is C21H25F3N2O4. The van der Waals surface area contributed by atoms with Crippen molar-refractivity contribution in [2.45, 2.75) is 33.0 Å². The van der Waals surface area contributed by atoms with Crippen molar-refractivity contribution in [1.29, 1.82) is 0 Å². The maximum absolute atomic E-state index is 14.3. The van der Waals surface area contributed by atoms with Gasteiger partial charge in [0.25, 0.3) is 0 Å². The average Bonchev–Trinajstić information content (AvgIpc) is 2.65. The second-order valence-corrected chi connectivity index (χ2v) is 7.56. The van der Waals surface area contributed by atoms with Gasteiger partial charge in [-0.15, -0.1) is 0 Å². The molecule has 164 valence electrons. The third-order valence-corrected chi connectivity index (χ3v) is 3.89. The van der Waals surface area contributed by atoms with Gasteiger partial charge in [-0.1, -0.05) is 0 Å². The summed E-state index contributed by atoms with van der Waals surface area (Å²) in [4.78, 5) is 13.3. The molecule has 0 fully saturated rings. The first-order valence-corrected chi connectivity index (χ1v) is 9.19. The predicted molar refractivity (Wildman–Crippen MR) is 106 cm³/mol. The van der Waals surface area contributed by atoms with Gasteiger partial charge in [-0.05, 0) is 45.0 Å². The number of hydrogen-bond acceptors (Lipinski definition) is 5. The fourth-order valence-electron chi connectivity index (χ4n) is 2.34. The molecule has 0 aliphatic rings. The average molecular weight is 426 g/mol. The van der Waals surface area contributed by atoms with Crippen LogP contribution in [0.4, 0.5) is 23.7 Å². The molecule has 2 aromatic carbocycles. The molecule has 1 amide bonds. The van der Waals surface area contributed by atoms with E-state index in [0.29, 0.717) is 0 Å². The Kier molecular flexibility index (Phi) is 7.42. The van der Waals surface area contributed by atoms with E-state index in [1.807, 2.05) is 0 Å². The first-order chi connectivity index (χ1) is 14.0. The molecule has 0 atom stereocenters. The number of carbonyl (C=O) groups excluding carboxylic acids is 1. The monoisotopic (exact) mass is 426 g/mol. The van der Waals surface area contributed by atoms with Gasteiger partial charge in [-0.25, -0.2) is 18.0 Å². The summed E-state index contributed by atoms with van der Waals surface area (Å²) in [7, 11) is 1.53. The highest BCUT2D eigenvalue weighted by atomic mass is 19.2. The molecule has 0 unspecified atom stereocenters. The molecule has 0 aromatic heterocycles. The number of carbonyl (C=O) groups is 1. The maximum Gasteiger partial charge on any atom is 0.410 e. The lowest BCUT2D eigenvalue weighted by atomic mass is 10.2. The molecule has 30 heavy (non-hydrogen) atoms. The Hall–Kier alpha value is -3.10. The van der Waals surface area contributed by atoms with Crippen LogP contribution < -0.4 is 15.2 Å². The maximum atomic E-state index is 14.3. The Bertz CT molecular complexity index is 901. The van der Waals surface area contributed by atoms with Crippen LogP contribution in [0.2, 0.25) is 0 Å². The van der Waals surface area contributed by atoms with E-state index in [0.717, 1.165) is 12.1 Å². The van der Waals surface area contributed by atoms with Crippen molar-refractivity contribution in [3.05, 3.63) is 53.3 Å². The summed E-state index contributed by atoms with van der Waals surface area (Å²) >= 11 is 0. The van der Waals surface area contributed by atoms with E-state index < -0.39 is 29.1 Å². The summed E-state index contributed by atoms with van der Waals surface area (Å²) < 4.78 is 57.4. The molecule has 6 nitrogen and oxygen atoms in total. The van der Waals surface area contributed by atoms with Crippen molar-refractivity contribution in [1.82, 2.24) is 4.90 Å². The number of rotatable bonds is 7. The van der Waals surface area contributed by atoms with E-state index in [2.05, 4.69) is 0 Å². The molecule has 0 bridgehead atoms. The molecule has 2 rings (SSSR count). The molecule has 0 heterocycles. The van der Waals surface area contributed by atoms with Crippen LogP contribution in [-0.2, 0) is 11.3 Å². The zero-order valence-corrected chi connectivity index (χ0v) is 17.3. The number of nitrogens with zero attached hydrogens (tertiary/aromatic N) is 1. The van der Waals surface area contributed by atoms with Crippen LogP contribution in [0.25, 0.3) is 0 Å². The summed E-state index contributed by atoms with van der Waals surface area (Å²) in [5, 5.41) is 0. The van der Waals surface area contributed by atoms with Gasteiger partial charge in [0, 0.05) is 13.1 Å². The molecule has 0 aliphatic heterocycles. The van der Waals surface area contributed by atoms with Crippen LogP contribution >= 0.6 is 0 Å². The van der Waals surface area contributed by atoms with Gasteiger partial charge < -0.3 is 24.8 Å². The second-order valence-electron chi connectivity index (χ2n) is 7.56. The van der Waals surface area contributed by atoms with Crippen LogP contribution in [0.5, 0.6) is 11.5 Å². The van der Waals surface area contributed by atoms with E-state index in [1.54, 1.807) is 20.8 Å². The van der Waals surface area contributed by atoms with Crippen LogP contribution in [0.15, 0.2) is 30.3 Å². The van der Waals surface area contributed by atoms with Crippen molar-refractivity contribution in [3.8, 4) is 11.5 Å². The van der Waals surface area contributed by atoms with Gasteiger partial charge in [0.1, 0.15) is 36.1 Å². The highest BCUT2D eigenvalue weighted by Gasteiger charge is 2.20. The van der Waals surface area contributed by atoms with E-state index in [4.69, 9.17) is 19.9 Å². The third kappa shape index (κ3) is 6.47. The van der Waals surface area contributed by atoms with Crippen molar-refractivity contribution in [3.63, 3.8) is 0 Å². The Labute approximate surface area is 173 Å². The first kappa shape index (κ1) is 23.2. The Balaban J connectivity index is 2.03. The van der Waals surface area contributed by atoms with Gasteiger partial charge in [0.05, 0.1) is 17.8 Å². The summed E-state index contributed by atoms with van der Waals surface area (Å²) in [5.74, 6) is -2.55. The van der Waals surface area contributed by atoms with Crippen LogP contribution in [0.3, 0.4) is 0 Å². The zero-order chi connectivity index (χ0) is 22.5. The normalized spacial score (nSPS) is 11.2. The molecule has 2 aromatic rings. The number of benzene rings is 2. The lowest BCUT2D eigenvalue weighted by molar-refractivity contribution is 0.0277. The quantitative estimate of drug-likeness (QED) is 0.660. The van der Waals surface area contributed by atoms with Crippen LogP contribution in [0.1, 0.15) is 26.3 Å². The lowest BCUT2D eigenvalue weighted by Gasteiger charge is -2.24. The lowest BCUT2D eigenvalue weighted by Crippen LogP contribution is -2.36. The largest absolute Gasteiger partial charge is 0.491 e. The number of likely N-dealkylation sites (N-methyl/N-ethyl adjacent to an activating group) is 1. The SMILES string of the molecule is CN(CCOc1ccc(F)c(F)c1COc1ccc(F)c(N)c1)C(=O)OC(C)(C)C. The molecule has 0 radical (unpaired) electrons. The topological polar surface area (TPSA) is 74.0 Å². The Morgan fingerprint density at radius 1 is 1.07 bits per heavy atom. The van der Waals surface area contributed by atoms with Crippen molar-refractivity contribution >= 4 is 11.8 Å². The van der Waals surface area contributed by atoms with E-state index in [9.17, 15) is 18.0 Å². The van der Waals surface area contributed by atoms with Gasteiger partial charge in [-0.3, -0.25) is 0 Å². The highest BCUT2D eigenvalue weighted by Crippen LogP contribution is 2.27.